The Morgan fingerprint density at radius 3 is 3.12 bits per heavy atom. The van der Waals surface area contributed by atoms with Gasteiger partial charge in [-0.1, -0.05) is 0 Å². The minimum absolute atomic E-state index is 0.138. The number of aromatic nitrogens is 2. The van der Waals surface area contributed by atoms with Crippen molar-refractivity contribution in [1.29, 1.82) is 0 Å². The van der Waals surface area contributed by atoms with Crippen LogP contribution < -0.4 is 0 Å². The highest BCUT2D eigenvalue weighted by Gasteiger charge is 2.16. The molecule has 1 unspecified atom stereocenters. The summed E-state index contributed by atoms with van der Waals surface area (Å²) in [6, 6.07) is 6.31. The number of rotatable bonds is 1. The van der Waals surface area contributed by atoms with Gasteiger partial charge in [-0.15, -0.1) is 0 Å². The molecule has 0 saturated carbocycles. The maximum Gasteiger partial charge on any atom is 0.150 e. The third-order valence-electron chi connectivity index (χ3n) is 2.93. The van der Waals surface area contributed by atoms with Crippen LogP contribution in [0.1, 0.15) is 25.5 Å². The number of hydrogen-bond acceptors (Lipinski definition) is 2. The van der Waals surface area contributed by atoms with Gasteiger partial charge < -0.3 is 4.74 Å². The van der Waals surface area contributed by atoms with Crippen LogP contribution in [0.2, 0.25) is 0 Å². The van der Waals surface area contributed by atoms with Gasteiger partial charge in [0.2, 0.25) is 0 Å². The van der Waals surface area contributed by atoms with Gasteiger partial charge in [-0.3, -0.25) is 0 Å². The molecule has 3 nitrogen and oxygen atoms in total. The number of halogens is 1. The molecule has 1 fully saturated rings. The van der Waals surface area contributed by atoms with Gasteiger partial charge in [-0.2, -0.15) is 5.10 Å². The Morgan fingerprint density at radius 1 is 1.38 bits per heavy atom. The van der Waals surface area contributed by atoms with Gasteiger partial charge in [0.15, 0.2) is 0 Å². The smallest absolute Gasteiger partial charge is 0.150 e. The molecule has 3 rings (SSSR count). The van der Waals surface area contributed by atoms with Crippen LogP contribution in [0, 0.1) is 3.57 Å². The second kappa shape index (κ2) is 4.33. The molecule has 0 spiro atoms. The van der Waals surface area contributed by atoms with Crippen molar-refractivity contribution in [2.75, 3.05) is 6.61 Å². The Labute approximate surface area is 108 Å². The van der Waals surface area contributed by atoms with Gasteiger partial charge in [0.25, 0.3) is 0 Å². The largest absolute Gasteiger partial charge is 0.357 e. The Kier molecular flexibility index (Phi) is 2.85. The van der Waals surface area contributed by atoms with E-state index in [1.54, 1.807) is 0 Å². The van der Waals surface area contributed by atoms with E-state index in [0.29, 0.717) is 0 Å². The third-order valence-corrected chi connectivity index (χ3v) is 3.61. The molecule has 1 saturated heterocycles. The fourth-order valence-corrected chi connectivity index (χ4v) is 2.61. The maximum atomic E-state index is 5.72. The molecule has 1 atom stereocenters. The second-order valence-corrected chi connectivity index (χ2v) is 5.38. The topological polar surface area (TPSA) is 27.1 Å². The summed E-state index contributed by atoms with van der Waals surface area (Å²) in [5.41, 5.74) is 1.05. The highest BCUT2D eigenvalue weighted by atomic mass is 127. The molecule has 0 radical (unpaired) electrons. The lowest BCUT2D eigenvalue weighted by molar-refractivity contribution is -0.0390. The van der Waals surface area contributed by atoms with Crippen molar-refractivity contribution in [1.82, 2.24) is 9.78 Å². The molecule has 1 aliphatic rings. The average Bonchev–Trinajstić information content (AvgIpc) is 2.73. The lowest BCUT2D eigenvalue weighted by atomic mass is 10.2. The summed E-state index contributed by atoms with van der Waals surface area (Å²) >= 11 is 2.32. The fraction of sp³-hybridized carbons (Fsp3) is 0.417. The Morgan fingerprint density at radius 2 is 2.31 bits per heavy atom. The first-order valence-corrected chi connectivity index (χ1v) is 6.67. The molecule has 0 aliphatic carbocycles. The molecule has 1 aliphatic heterocycles. The molecule has 0 amide bonds. The summed E-state index contributed by atoms with van der Waals surface area (Å²) in [6.45, 7) is 0.860. The van der Waals surface area contributed by atoms with Crippen LogP contribution in [0.4, 0.5) is 0 Å². The highest BCUT2D eigenvalue weighted by molar-refractivity contribution is 14.1. The normalized spacial score (nSPS) is 21.4. The number of ether oxygens (including phenoxy) is 1. The second-order valence-electron chi connectivity index (χ2n) is 4.13. The molecule has 1 aromatic heterocycles. The van der Waals surface area contributed by atoms with Gasteiger partial charge in [0, 0.05) is 21.8 Å². The predicted molar refractivity (Wildman–Crippen MR) is 71.3 cm³/mol. The molecule has 16 heavy (non-hydrogen) atoms. The first-order valence-electron chi connectivity index (χ1n) is 5.59. The summed E-state index contributed by atoms with van der Waals surface area (Å²) in [5, 5.41) is 5.76. The molecule has 2 heterocycles. The van der Waals surface area contributed by atoms with Gasteiger partial charge in [-0.25, -0.2) is 4.68 Å². The van der Waals surface area contributed by atoms with E-state index < -0.39 is 0 Å². The number of benzene rings is 1. The lowest BCUT2D eigenvalue weighted by Crippen LogP contribution is -2.18. The highest BCUT2D eigenvalue weighted by Crippen LogP contribution is 2.24. The summed E-state index contributed by atoms with van der Waals surface area (Å²) in [7, 11) is 0. The first kappa shape index (κ1) is 10.5. The third kappa shape index (κ3) is 1.96. The lowest BCUT2D eigenvalue weighted by Gasteiger charge is -2.22. The molecule has 1 aromatic carbocycles. The average molecular weight is 328 g/mol. The Bertz CT molecular complexity index is 503. The van der Waals surface area contributed by atoms with Crippen molar-refractivity contribution in [2.24, 2.45) is 0 Å². The van der Waals surface area contributed by atoms with Crippen LogP contribution in [-0.4, -0.2) is 16.4 Å². The van der Waals surface area contributed by atoms with Crippen molar-refractivity contribution in [3.8, 4) is 0 Å². The molecular formula is C12H13IN2O. The Hall–Kier alpha value is -0.620. The van der Waals surface area contributed by atoms with Crippen LogP contribution in [-0.2, 0) is 4.74 Å². The van der Waals surface area contributed by atoms with E-state index in [1.165, 1.54) is 21.8 Å². The molecule has 0 N–H and O–H groups in total. The van der Waals surface area contributed by atoms with E-state index in [2.05, 4.69) is 52.1 Å². The molecular weight excluding hydrogens is 315 g/mol. The zero-order chi connectivity index (χ0) is 11.0. The quantitative estimate of drug-likeness (QED) is 0.751. The Balaban J connectivity index is 1.97. The first-order chi connectivity index (χ1) is 7.83. The zero-order valence-electron chi connectivity index (χ0n) is 8.90. The number of hydrogen-bond donors (Lipinski definition) is 0. The summed E-state index contributed by atoms with van der Waals surface area (Å²) < 4.78 is 8.94. The van der Waals surface area contributed by atoms with Gasteiger partial charge in [0.1, 0.15) is 6.23 Å². The van der Waals surface area contributed by atoms with Crippen molar-refractivity contribution in [3.05, 3.63) is 28.0 Å². The summed E-state index contributed by atoms with van der Waals surface area (Å²) in [4.78, 5) is 0. The van der Waals surface area contributed by atoms with E-state index in [0.717, 1.165) is 18.5 Å². The van der Waals surface area contributed by atoms with Crippen molar-refractivity contribution < 1.29 is 4.74 Å². The van der Waals surface area contributed by atoms with Crippen molar-refractivity contribution in [2.45, 2.75) is 25.5 Å². The molecule has 84 valence electrons. The van der Waals surface area contributed by atoms with E-state index in [1.807, 2.05) is 4.68 Å². The van der Waals surface area contributed by atoms with Gasteiger partial charge in [0.05, 0.1) is 5.52 Å². The van der Waals surface area contributed by atoms with E-state index in [4.69, 9.17) is 4.74 Å². The van der Waals surface area contributed by atoms with Gasteiger partial charge in [-0.05, 0) is 60.1 Å². The minimum Gasteiger partial charge on any atom is -0.357 e. The van der Waals surface area contributed by atoms with E-state index >= 15 is 0 Å². The zero-order valence-corrected chi connectivity index (χ0v) is 11.1. The molecule has 2 aromatic rings. The van der Waals surface area contributed by atoms with Crippen LogP contribution in [0.3, 0.4) is 0 Å². The molecule has 4 heteroatoms. The number of nitrogens with zero attached hydrogens (tertiary/aromatic N) is 2. The van der Waals surface area contributed by atoms with E-state index in [9.17, 15) is 0 Å². The van der Waals surface area contributed by atoms with Crippen molar-refractivity contribution in [3.63, 3.8) is 0 Å². The van der Waals surface area contributed by atoms with Gasteiger partial charge >= 0.3 is 0 Å². The monoisotopic (exact) mass is 328 g/mol. The maximum absolute atomic E-state index is 5.72. The molecule has 0 bridgehead atoms. The van der Waals surface area contributed by atoms with Crippen LogP contribution >= 0.6 is 22.6 Å². The van der Waals surface area contributed by atoms with Crippen LogP contribution in [0.5, 0.6) is 0 Å². The SMILES string of the molecule is Ic1ccc2nn(C3CCCCO3)cc2c1. The van der Waals surface area contributed by atoms with Crippen molar-refractivity contribution >= 4 is 33.5 Å². The summed E-state index contributed by atoms with van der Waals surface area (Å²) in [6.07, 6.45) is 5.71. The standard InChI is InChI=1S/C12H13IN2O/c13-10-4-5-11-9(7-10)8-15(14-11)12-3-1-2-6-16-12/h4-5,7-8,12H,1-3,6H2. The fourth-order valence-electron chi connectivity index (χ4n) is 2.10. The predicted octanol–water partition coefficient (Wildman–Crippen LogP) is 3.34. The van der Waals surface area contributed by atoms with E-state index in [-0.39, 0.29) is 6.23 Å². The summed E-state index contributed by atoms with van der Waals surface area (Å²) in [5.74, 6) is 0. The van der Waals surface area contributed by atoms with Crippen LogP contribution in [0.15, 0.2) is 24.4 Å². The number of fused-ring (bicyclic) bond motifs is 1. The minimum atomic E-state index is 0.138. The van der Waals surface area contributed by atoms with Crippen LogP contribution in [0.25, 0.3) is 10.9 Å².